The Morgan fingerprint density at radius 3 is 2.39 bits per heavy atom. The summed E-state index contributed by atoms with van der Waals surface area (Å²) >= 11 is 1.64. The molecule has 2 heterocycles. The number of aryl methyl sites for hydroxylation is 3. The van der Waals surface area contributed by atoms with E-state index in [1.807, 2.05) is 4.40 Å². The first kappa shape index (κ1) is 15.9. The van der Waals surface area contributed by atoms with Crippen LogP contribution in [0, 0.1) is 20.8 Å². The van der Waals surface area contributed by atoms with Crippen LogP contribution in [-0.4, -0.2) is 15.7 Å². The molecule has 3 rings (SSSR count). The third kappa shape index (κ3) is 2.51. The molecule has 0 atom stereocenters. The van der Waals surface area contributed by atoms with E-state index in [-0.39, 0.29) is 5.41 Å². The van der Waals surface area contributed by atoms with Gasteiger partial charge in [0.2, 0.25) is 0 Å². The van der Waals surface area contributed by atoms with Crippen molar-refractivity contribution in [2.45, 2.75) is 47.0 Å². The Bertz CT molecular complexity index is 910. The highest BCUT2D eigenvalue weighted by molar-refractivity contribution is 7.17. The lowest BCUT2D eigenvalue weighted by Gasteiger charge is -2.16. The highest BCUT2D eigenvalue weighted by Gasteiger charge is 2.27. The smallest absolute Gasteiger partial charge is 0.195 e. The molecule has 23 heavy (non-hydrogen) atoms. The van der Waals surface area contributed by atoms with E-state index in [9.17, 15) is 4.79 Å². The standard InChI is InChI=1S/C19H22N2OS/c1-11-7-8-14(9-12(11)2)16-13(3)23-18-20-17(19(4,5)6)15(10-22)21(16)18/h7-10H,1-6H3. The number of rotatable bonds is 2. The van der Waals surface area contributed by atoms with Crippen molar-refractivity contribution < 1.29 is 4.79 Å². The molecule has 0 aliphatic rings. The van der Waals surface area contributed by atoms with Gasteiger partial charge in [0.05, 0.1) is 11.4 Å². The van der Waals surface area contributed by atoms with Crippen LogP contribution in [0.25, 0.3) is 16.2 Å². The summed E-state index contributed by atoms with van der Waals surface area (Å²) in [5.41, 5.74) is 6.13. The highest BCUT2D eigenvalue weighted by atomic mass is 32.1. The monoisotopic (exact) mass is 326 g/mol. The minimum atomic E-state index is -0.156. The first-order valence-electron chi connectivity index (χ1n) is 7.79. The lowest BCUT2D eigenvalue weighted by atomic mass is 9.91. The van der Waals surface area contributed by atoms with Gasteiger partial charge in [0.15, 0.2) is 11.2 Å². The van der Waals surface area contributed by atoms with Crippen molar-refractivity contribution in [1.82, 2.24) is 9.38 Å². The number of hydrogen-bond acceptors (Lipinski definition) is 3. The molecule has 4 heteroatoms. The van der Waals surface area contributed by atoms with Gasteiger partial charge in [0.1, 0.15) is 5.69 Å². The molecule has 0 fully saturated rings. The third-order valence-corrected chi connectivity index (χ3v) is 5.24. The average Bonchev–Trinajstić information content (AvgIpc) is 2.96. The Kier molecular flexibility index (Phi) is 3.68. The Morgan fingerprint density at radius 2 is 1.83 bits per heavy atom. The normalized spacial score (nSPS) is 12.1. The van der Waals surface area contributed by atoms with E-state index in [1.165, 1.54) is 16.0 Å². The van der Waals surface area contributed by atoms with Gasteiger partial charge in [-0.2, -0.15) is 0 Å². The van der Waals surface area contributed by atoms with E-state index < -0.39 is 0 Å². The van der Waals surface area contributed by atoms with Crippen LogP contribution in [0.5, 0.6) is 0 Å². The van der Waals surface area contributed by atoms with Crippen molar-refractivity contribution in [2.75, 3.05) is 0 Å². The Balaban J connectivity index is 2.36. The maximum atomic E-state index is 11.8. The lowest BCUT2D eigenvalue weighted by molar-refractivity contribution is 0.111. The van der Waals surface area contributed by atoms with Gasteiger partial charge in [0, 0.05) is 10.3 Å². The van der Waals surface area contributed by atoms with Crippen molar-refractivity contribution in [3.05, 3.63) is 45.6 Å². The predicted molar refractivity (Wildman–Crippen MR) is 96.8 cm³/mol. The molecule has 0 saturated heterocycles. The third-order valence-electron chi connectivity index (χ3n) is 4.29. The van der Waals surface area contributed by atoms with Crippen LogP contribution >= 0.6 is 11.3 Å². The maximum absolute atomic E-state index is 11.8. The van der Waals surface area contributed by atoms with Crippen LogP contribution in [0.2, 0.25) is 0 Å². The fraction of sp³-hybridized carbons (Fsp3) is 0.368. The van der Waals surface area contributed by atoms with E-state index in [2.05, 4.69) is 59.7 Å². The van der Waals surface area contributed by atoms with Gasteiger partial charge in [-0.05, 0) is 43.5 Å². The molecule has 0 amide bonds. The number of benzene rings is 1. The zero-order chi connectivity index (χ0) is 16.9. The second-order valence-corrected chi connectivity index (χ2v) is 8.32. The molecular formula is C19H22N2OS. The van der Waals surface area contributed by atoms with Crippen LogP contribution in [0.4, 0.5) is 0 Å². The molecular weight excluding hydrogens is 304 g/mol. The largest absolute Gasteiger partial charge is 0.296 e. The number of fused-ring (bicyclic) bond motifs is 1. The molecule has 120 valence electrons. The molecule has 0 saturated carbocycles. The fourth-order valence-corrected chi connectivity index (χ4v) is 3.92. The van der Waals surface area contributed by atoms with Crippen LogP contribution in [0.3, 0.4) is 0 Å². The topological polar surface area (TPSA) is 34.4 Å². The fourth-order valence-electron chi connectivity index (χ4n) is 2.92. The molecule has 0 aliphatic carbocycles. The number of aldehydes is 1. The lowest BCUT2D eigenvalue weighted by Crippen LogP contribution is -2.15. The van der Waals surface area contributed by atoms with Gasteiger partial charge in [-0.3, -0.25) is 9.20 Å². The molecule has 0 spiro atoms. The molecule has 0 radical (unpaired) electrons. The van der Waals surface area contributed by atoms with E-state index >= 15 is 0 Å². The molecule has 3 nitrogen and oxygen atoms in total. The number of thiazole rings is 1. The maximum Gasteiger partial charge on any atom is 0.195 e. The second kappa shape index (κ2) is 5.31. The summed E-state index contributed by atoms with van der Waals surface area (Å²) in [7, 11) is 0. The Labute approximate surface area is 141 Å². The SMILES string of the molecule is Cc1ccc(-c2c(C)sc3nc(C(C)(C)C)c(C=O)n23)cc1C. The molecule has 2 aromatic heterocycles. The molecule has 0 aliphatic heterocycles. The summed E-state index contributed by atoms with van der Waals surface area (Å²) in [6, 6.07) is 6.45. The zero-order valence-corrected chi connectivity index (χ0v) is 15.3. The Morgan fingerprint density at radius 1 is 1.13 bits per heavy atom. The summed E-state index contributed by atoms with van der Waals surface area (Å²) in [6.45, 7) is 12.6. The van der Waals surface area contributed by atoms with Gasteiger partial charge < -0.3 is 0 Å². The number of carbonyl (C=O) groups is 1. The van der Waals surface area contributed by atoms with Gasteiger partial charge in [0.25, 0.3) is 0 Å². The zero-order valence-electron chi connectivity index (χ0n) is 14.5. The minimum absolute atomic E-state index is 0.156. The molecule has 0 bridgehead atoms. The van der Waals surface area contributed by atoms with Crippen molar-refractivity contribution in [3.63, 3.8) is 0 Å². The van der Waals surface area contributed by atoms with E-state index in [0.29, 0.717) is 5.69 Å². The number of hydrogen-bond donors (Lipinski definition) is 0. The van der Waals surface area contributed by atoms with Gasteiger partial charge in [-0.15, -0.1) is 11.3 Å². The molecule has 0 unspecified atom stereocenters. The van der Waals surface area contributed by atoms with Gasteiger partial charge >= 0.3 is 0 Å². The van der Waals surface area contributed by atoms with Gasteiger partial charge in [-0.25, -0.2) is 4.98 Å². The summed E-state index contributed by atoms with van der Waals surface area (Å²) in [4.78, 5) is 18.6. The number of aromatic nitrogens is 2. The van der Waals surface area contributed by atoms with E-state index in [4.69, 9.17) is 4.98 Å². The van der Waals surface area contributed by atoms with Crippen LogP contribution < -0.4 is 0 Å². The van der Waals surface area contributed by atoms with Crippen molar-refractivity contribution >= 4 is 22.6 Å². The Hall–Kier alpha value is -1.94. The highest BCUT2D eigenvalue weighted by Crippen LogP contribution is 2.36. The van der Waals surface area contributed by atoms with Crippen molar-refractivity contribution in [2.24, 2.45) is 0 Å². The molecule has 3 aromatic rings. The summed E-state index contributed by atoms with van der Waals surface area (Å²) < 4.78 is 2.03. The predicted octanol–water partition coefficient (Wildman–Crippen LogP) is 5.10. The summed E-state index contributed by atoms with van der Waals surface area (Å²) in [5, 5.41) is 0. The van der Waals surface area contributed by atoms with Crippen LogP contribution in [0.1, 0.15) is 53.0 Å². The molecule has 0 N–H and O–H groups in total. The number of imidazole rings is 1. The first-order valence-corrected chi connectivity index (χ1v) is 8.61. The summed E-state index contributed by atoms with van der Waals surface area (Å²) in [5.74, 6) is 0. The number of nitrogens with zero attached hydrogens (tertiary/aromatic N) is 2. The minimum Gasteiger partial charge on any atom is -0.296 e. The second-order valence-electron chi connectivity index (χ2n) is 7.14. The quantitative estimate of drug-likeness (QED) is 0.614. The van der Waals surface area contributed by atoms with Crippen LogP contribution in [0.15, 0.2) is 18.2 Å². The molecule has 1 aromatic carbocycles. The van der Waals surface area contributed by atoms with Crippen molar-refractivity contribution in [3.8, 4) is 11.3 Å². The van der Waals surface area contributed by atoms with Crippen molar-refractivity contribution in [1.29, 1.82) is 0 Å². The van der Waals surface area contributed by atoms with Crippen LogP contribution in [-0.2, 0) is 5.41 Å². The van der Waals surface area contributed by atoms with Gasteiger partial charge in [-0.1, -0.05) is 32.9 Å². The average molecular weight is 326 g/mol. The van der Waals surface area contributed by atoms with E-state index in [0.717, 1.165) is 28.2 Å². The number of carbonyl (C=O) groups excluding carboxylic acids is 1. The van der Waals surface area contributed by atoms with E-state index in [1.54, 1.807) is 11.3 Å². The summed E-state index contributed by atoms with van der Waals surface area (Å²) in [6.07, 6.45) is 0.942. The first-order chi connectivity index (χ1) is 10.7.